The lowest BCUT2D eigenvalue weighted by atomic mass is 10.1. The molecule has 0 unspecified atom stereocenters. The summed E-state index contributed by atoms with van der Waals surface area (Å²) < 4.78 is 27.6. The lowest BCUT2D eigenvalue weighted by molar-refractivity contribution is 0.0967. The number of hydrogen-bond donors (Lipinski definition) is 1. The maximum Gasteiger partial charge on any atom is 0.261 e. The number of sulfonamides is 1. The van der Waals surface area contributed by atoms with Gasteiger partial charge >= 0.3 is 0 Å². The molecule has 7 heteroatoms. The van der Waals surface area contributed by atoms with Crippen molar-refractivity contribution in [3.63, 3.8) is 0 Å². The van der Waals surface area contributed by atoms with Crippen molar-refractivity contribution in [1.82, 2.24) is 4.98 Å². The number of ketones is 1. The molecule has 1 aliphatic rings. The van der Waals surface area contributed by atoms with Crippen LogP contribution in [0.2, 0.25) is 0 Å². The SMILES string of the molecule is O=C(c1ccc(S(=O)(=O)Nc2ccc(Br)nc2)cc1)C1CC1. The number of hydrogen-bond acceptors (Lipinski definition) is 4. The smallest absolute Gasteiger partial charge is 0.261 e. The Hall–Kier alpha value is -1.73. The number of carbonyl (C=O) groups is 1. The average molecular weight is 381 g/mol. The predicted octanol–water partition coefficient (Wildman–Crippen LogP) is 3.24. The molecule has 1 fully saturated rings. The molecule has 1 aliphatic carbocycles. The number of nitrogens with one attached hydrogen (secondary N) is 1. The molecule has 0 amide bonds. The maximum atomic E-state index is 12.3. The third-order valence-corrected chi connectivity index (χ3v) is 5.24. The Kier molecular flexibility index (Phi) is 4.01. The van der Waals surface area contributed by atoms with Gasteiger partial charge in [-0.05, 0) is 53.0 Å². The van der Waals surface area contributed by atoms with Crippen LogP contribution in [0.15, 0.2) is 52.1 Å². The molecule has 2 aromatic rings. The van der Waals surface area contributed by atoms with Crippen molar-refractivity contribution in [3.8, 4) is 0 Å². The van der Waals surface area contributed by atoms with E-state index in [2.05, 4.69) is 25.6 Å². The second-order valence-electron chi connectivity index (χ2n) is 5.14. The van der Waals surface area contributed by atoms with Crippen LogP contribution in [-0.2, 0) is 10.0 Å². The molecular weight excluding hydrogens is 368 g/mol. The van der Waals surface area contributed by atoms with Crippen LogP contribution >= 0.6 is 15.9 Å². The molecule has 1 saturated carbocycles. The molecule has 1 aromatic heterocycles. The number of Topliss-reactive ketones (excluding diaryl/α,β-unsaturated/α-hetero) is 1. The van der Waals surface area contributed by atoms with Gasteiger partial charge in [-0.25, -0.2) is 13.4 Å². The van der Waals surface area contributed by atoms with E-state index in [4.69, 9.17) is 0 Å². The van der Waals surface area contributed by atoms with E-state index in [1.807, 2.05) is 0 Å². The second kappa shape index (κ2) is 5.81. The fourth-order valence-corrected chi connectivity index (χ4v) is 3.31. The second-order valence-corrected chi connectivity index (χ2v) is 7.63. The Morgan fingerprint density at radius 1 is 1.14 bits per heavy atom. The van der Waals surface area contributed by atoms with Crippen molar-refractivity contribution in [2.24, 2.45) is 5.92 Å². The standard InChI is InChI=1S/C15H13BrN2O3S/c16-14-8-5-12(9-17-14)18-22(20,21)13-6-3-11(4-7-13)15(19)10-1-2-10/h3-10,18H,1-2H2. The fraction of sp³-hybridized carbons (Fsp3) is 0.200. The highest BCUT2D eigenvalue weighted by Crippen LogP contribution is 2.32. The summed E-state index contributed by atoms with van der Waals surface area (Å²) in [6.07, 6.45) is 3.28. The van der Waals surface area contributed by atoms with E-state index in [1.165, 1.54) is 18.3 Å². The van der Waals surface area contributed by atoms with Gasteiger partial charge in [0.15, 0.2) is 5.78 Å². The van der Waals surface area contributed by atoms with Crippen LogP contribution in [0, 0.1) is 5.92 Å². The summed E-state index contributed by atoms with van der Waals surface area (Å²) in [7, 11) is -3.69. The molecule has 0 aliphatic heterocycles. The van der Waals surface area contributed by atoms with Gasteiger partial charge < -0.3 is 0 Å². The molecule has 0 atom stereocenters. The summed E-state index contributed by atoms with van der Waals surface area (Å²) >= 11 is 3.19. The zero-order valence-electron chi connectivity index (χ0n) is 11.5. The van der Waals surface area contributed by atoms with Gasteiger partial charge in [0.1, 0.15) is 4.60 Å². The number of rotatable bonds is 5. The molecule has 1 aromatic carbocycles. The summed E-state index contributed by atoms with van der Waals surface area (Å²) in [5.41, 5.74) is 0.938. The first kappa shape index (κ1) is 15.2. The summed E-state index contributed by atoms with van der Waals surface area (Å²) in [6.45, 7) is 0. The molecular formula is C15H13BrN2O3S. The minimum atomic E-state index is -3.69. The molecule has 5 nitrogen and oxygen atoms in total. The third-order valence-electron chi connectivity index (χ3n) is 3.38. The van der Waals surface area contributed by atoms with Gasteiger partial charge in [-0.3, -0.25) is 9.52 Å². The minimum absolute atomic E-state index is 0.0917. The molecule has 1 heterocycles. The van der Waals surface area contributed by atoms with E-state index in [9.17, 15) is 13.2 Å². The molecule has 0 radical (unpaired) electrons. The average Bonchev–Trinajstić information content (AvgIpc) is 3.34. The maximum absolute atomic E-state index is 12.3. The first-order chi connectivity index (χ1) is 10.5. The van der Waals surface area contributed by atoms with Crippen LogP contribution in [0.4, 0.5) is 5.69 Å². The van der Waals surface area contributed by atoms with E-state index in [0.29, 0.717) is 15.9 Å². The van der Waals surface area contributed by atoms with E-state index in [-0.39, 0.29) is 16.6 Å². The topological polar surface area (TPSA) is 76.1 Å². The van der Waals surface area contributed by atoms with Crippen molar-refractivity contribution in [2.45, 2.75) is 17.7 Å². The van der Waals surface area contributed by atoms with Crippen LogP contribution in [0.25, 0.3) is 0 Å². The predicted molar refractivity (Wildman–Crippen MR) is 86.2 cm³/mol. The van der Waals surface area contributed by atoms with Gasteiger partial charge in [-0.2, -0.15) is 0 Å². The number of pyridine rings is 1. The summed E-state index contributed by atoms with van der Waals surface area (Å²) in [5.74, 6) is 0.212. The monoisotopic (exact) mass is 380 g/mol. The highest BCUT2D eigenvalue weighted by Gasteiger charge is 2.30. The summed E-state index contributed by atoms with van der Waals surface area (Å²) in [5, 5.41) is 0. The van der Waals surface area contributed by atoms with Crippen molar-refractivity contribution < 1.29 is 13.2 Å². The van der Waals surface area contributed by atoms with Crippen LogP contribution in [0.5, 0.6) is 0 Å². The molecule has 0 saturated heterocycles. The van der Waals surface area contributed by atoms with Crippen molar-refractivity contribution >= 4 is 37.4 Å². The Morgan fingerprint density at radius 2 is 1.82 bits per heavy atom. The van der Waals surface area contributed by atoms with Gasteiger partial charge in [0.05, 0.1) is 16.8 Å². The number of carbonyl (C=O) groups excluding carboxylic acids is 1. The minimum Gasteiger partial charge on any atom is -0.294 e. The van der Waals surface area contributed by atoms with E-state index in [1.54, 1.807) is 24.3 Å². The van der Waals surface area contributed by atoms with Gasteiger partial charge in [-0.15, -0.1) is 0 Å². The van der Waals surface area contributed by atoms with Crippen molar-refractivity contribution in [2.75, 3.05) is 4.72 Å². The molecule has 0 bridgehead atoms. The number of benzene rings is 1. The van der Waals surface area contributed by atoms with Gasteiger partial charge in [0, 0.05) is 11.5 Å². The Bertz CT molecular complexity index is 798. The summed E-state index contributed by atoms with van der Waals surface area (Å²) in [6, 6.07) is 9.29. The lowest BCUT2D eigenvalue weighted by Gasteiger charge is -2.08. The van der Waals surface area contributed by atoms with Crippen LogP contribution in [0.3, 0.4) is 0 Å². The van der Waals surface area contributed by atoms with Gasteiger partial charge in [0.25, 0.3) is 10.0 Å². The lowest BCUT2D eigenvalue weighted by Crippen LogP contribution is -2.13. The Morgan fingerprint density at radius 3 is 2.36 bits per heavy atom. The van der Waals surface area contributed by atoms with E-state index in [0.717, 1.165) is 12.8 Å². The largest absolute Gasteiger partial charge is 0.294 e. The van der Waals surface area contributed by atoms with Crippen LogP contribution in [-0.4, -0.2) is 19.2 Å². The van der Waals surface area contributed by atoms with E-state index >= 15 is 0 Å². The number of halogens is 1. The van der Waals surface area contributed by atoms with Crippen LogP contribution in [0.1, 0.15) is 23.2 Å². The third kappa shape index (κ3) is 3.36. The first-order valence-corrected chi connectivity index (χ1v) is 9.02. The normalized spacial score (nSPS) is 14.6. The molecule has 22 heavy (non-hydrogen) atoms. The highest BCUT2D eigenvalue weighted by molar-refractivity contribution is 9.10. The molecule has 114 valence electrons. The number of nitrogens with zero attached hydrogens (tertiary/aromatic N) is 1. The van der Waals surface area contributed by atoms with Gasteiger partial charge in [0.2, 0.25) is 0 Å². The summed E-state index contributed by atoms with van der Waals surface area (Å²) in [4.78, 5) is 16.0. The number of aromatic nitrogens is 1. The molecule has 0 spiro atoms. The number of anilines is 1. The van der Waals surface area contributed by atoms with Gasteiger partial charge in [-0.1, -0.05) is 12.1 Å². The van der Waals surface area contributed by atoms with E-state index < -0.39 is 10.0 Å². The highest BCUT2D eigenvalue weighted by atomic mass is 79.9. The van der Waals surface area contributed by atoms with Crippen LogP contribution < -0.4 is 4.72 Å². The molecule has 1 N–H and O–H groups in total. The zero-order valence-corrected chi connectivity index (χ0v) is 13.9. The first-order valence-electron chi connectivity index (χ1n) is 6.74. The molecule has 3 rings (SSSR count). The Balaban J connectivity index is 1.79. The fourth-order valence-electron chi connectivity index (χ4n) is 2.03. The van der Waals surface area contributed by atoms with Crippen molar-refractivity contribution in [3.05, 3.63) is 52.8 Å². The quantitative estimate of drug-likeness (QED) is 0.637. The Labute approximate surface area is 137 Å². The zero-order chi connectivity index (χ0) is 15.7. The van der Waals surface area contributed by atoms with Crippen molar-refractivity contribution in [1.29, 1.82) is 0 Å².